The molecule has 0 aromatic carbocycles. The molecule has 3 nitrogen and oxygen atoms in total. The van der Waals surface area contributed by atoms with E-state index in [0.717, 1.165) is 12.4 Å². The van der Waals surface area contributed by atoms with E-state index in [4.69, 9.17) is 0 Å². The summed E-state index contributed by atoms with van der Waals surface area (Å²) < 4.78 is 2.05. The Morgan fingerprint density at radius 1 is 1.67 bits per heavy atom. The predicted molar refractivity (Wildman–Crippen MR) is 47.7 cm³/mol. The highest BCUT2D eigenvalue weighted by molar-refractivity contribution is 5.00. The van der Waals surface area contributed by atoms with Gasteiger partial charge in [-0.2, -0.15) is 0 Å². The molecule has 0 radical (unpaired) electrons. The first-order valence-corrected chi connectivity index (χ1v) is 4.41. The van der Waals surface area contributed by atoms with E-state index in [9.17, 15) is 0 Å². The van der Waals surface area contributed by atoms with Crippen LogP contribution < -0.4 is 5.32 Å². The van der Waals surface area contributed by atoms with Gasteiger partial charge in [0.15, 0.2) is 0 Å². The lowest BCUT2D eigenvalue weighted by Crippen LogP contribution is -2.28. The van der Waals surface area contributed by atoms with E-state index >= 15 is 0 Å². The predicted octanol–water partition coefficient (Wildman–Crippen LogP) is 1.06. The maximum Gasteiger partial charge on any atom is 0.122 e. The van der Waals surface area contributed by atoms with Crippen LogP contribution in [0.3, 0.4) is 0 Å². The molecule has 0 amide bonds. The van der Waals surface area contributed by atoms with Crippen LogP contribution in [0.15, 0.2) is 12.4 Å². The molecule has 0 bridgehead atoms. The van der Waals surface area contributed by atoms with Gasteiger partial charge >= 0.3 is 0 Å². The lowest BCUT2D eigenvalue weighted by Gasteiger charge is -2.10. The highest BCUT2D eigenvalue weighted by Gasteiger charge is 2.36. The molecule has 1 fully saturated rings. The van der Waals surface area contributed by atoms with Crippen molar-refractivity contribution >= 4 is 0 Å². The van der Waals surface area contributed by atoms with E-state index in [1.165, 1.54) is 12.8 Å². The van der Waals surface area contributed by atoms with Crippen LogP contribution in [0, 0.1) is 0 Å². The Kier molecular flexibility index (Phi) is 1.68. The molecule has 66 valence electrons. The van der Waals surface area contributed by atoms with Crippen molar-refractivity contribution in [3.05, 3.63) is 18.2 Å². The van der Waals surface area contributed by atoms with E-state index in [1.54, 1.807) is 0 Å². The maximum atomic E-state index is 4.25. The molecular formula is C9H15N3. The lowest BCUT2D eigenvalue weighted by atomic mass is 10.3. The Hall–Kier alpha value is -0.830. The fraction of sp³-hybridized carbons (Fsp3) is 0.667. The fourth-order valence-corrected chi connectivity index (χ4v) is 1.22. The molecule has 1 aliphatic rings. The minimum absolute atomic E-state index is 0.409. The van der Waals surface area contributed by atoms with Crippen molar-refractivity contribution in [1.29, 1.82) is 0 Å². The third kappa shape index (κ3) is 1.50. The molecule has 1 aliphatic carbocycles. The van der Waals surface area contributed by atoms with Gasteiger partial charge in [0.1, 0.15) is 5.82 Å². The molecule has 0 unspecified atom stereocenters. The van der Waals surface area contributed by atoms with Crippen LogP contribution >= 0.6 is 0 Å². The Balaban J connectivity index is 1.91. The zero-order valence-corrected chi connectivity index (χ0v) is 7.67. The summed E-state index contributed by atoms with van der Waals surface area (Å²) in [5.41, 5.74) is 0.409. The molecule has 12 heavy (non-hydrogen) atoms. The fourth-order valence-electron chi connectivity index (χ4n) is 1.22. The number of rotatable bonds is 3. The molecule has 2 rings (SSSR count). The summed E-state index contributed by atoms with van der Waals surface area (Å²) in [4.78, 5) is 4.25. The molecule has 1 N–H and O–H groups in total. The smallest absolute Gasteiger partial charge is 0.122 e. The van der Waals surface area contributed by atoms with Gasteiger partial charge in [-0.25, -0.2) is 4.98 Å². The monoisotopic (exact) mass is 165 g/mol. The quantitative estimate of drug-likeness (QED) is 0.726. The molecule has 1 saturated carbocycles. The summed E-state index contributed by atoms with van der Waals surface area (Å²) in [6.07, 6.45) is 6.42. The molecule has 3 heteroatoms. The van der Waals surface area contributed by atoms with Crippen molar-refractivity contribution in [2.45, 2.75) is 31.8 Å². The third-order valence-electron chi connectivity index (χ3n) is 2.59. The van der Waals surface area contributed by atoms with Crippen molar-refractivity contribution in [3.63, 3.8) is 0 Å². The number of nitrogens with zero attached hydrogens (tertiary/aromatic N) is 2. The number of imidazole rings is 1. The second-order valence-corrected chi connectivity index (χ2v) is 3.87. The minimum atomic E-state index is 0.409. The zero-order valence-electron chi connectivity index (χ0n) is 7.67. The second-order valence-electron chi connectivity index (χ2n) is 3.87. The number of nitrogens with one attached hydrogen (secondary N) is 1. The molecule has 1 aromatic heterocycles. The van der Waals surface area contributed by atoms with E-state index in [2.05, 4.69) is 21.8 Å². The Bertz CT molecular complexity index is 273. The summed E-state index contributed by atoms with van der Waals surface area (Å²) in [7, 11) is 2.03. The summed E-state index contributed by atoms with van der Waals surface area (Å²) in [6.45, 7) is 3.15. The van der Waals surface area contributed by atoms with Gasteiger partial charge in [0.05, 0.1) is 6.54 Å². The zero-order chi connectivity index (χ0) is 8.60. The van der Waals surface area contributed by atoms with Crippen LogP contribution in [0.25, 0.3) is 0 Å². The Morgan fingerprint density at radius 3 is 2.92 bits per heavy atom. The lowest BCUT2D eigenvalue weighted by molar-refractivity contribution is 0.517. The summed E-state index contributed by atoms with van der Waals surface area (Å²) >= 11 is 0. The van der Waals surface area contributed by atoms with E-state index < -0.39 is 0 Å². The highest BCUT2D eigenvalue weighted by atomic mass is 15.1. The van der Waals surface area contributed by atoms with Gasteiger partial charge in [0, 0.05) is 25.0 Å². The minimum Gasteiger partial charge on any atom is -0.337 e. The summed E-state index contributed by atoms with van der Waals surface area (Å²) in [5.74, 6) is 1.11. The first kappa shape index (κ1) is 7.80. The SMILES string of the molecule is Cn1ccnc1CNC1(C)CC1. The summed E-state index contributed by atoms with van der Waals surface area (Å²) in [6, 6.07) is 0. The maximum absolute atomic E-state index is 4.25. The first-order chi connectivity index (χ1) is 5.70. The van der Waals surface area contributed by atoms with Crippen molar-refractivity contribution < 1.29 is 0 Å². The molecule has 0 spiro atoms. The third-order valence-corrected chi connectivity index (χ3v) is 2.59. The van der Waals surface area contributed by atoms with Gasteiger partial charge in [-0.1, -0.05) is 0 Å². The van der Waals surface area contributed by atoms with Gasteiger partial charge in [-0.15, -0.1) is 0 Å². The average Bonchev–Trinajstić information content (AvgIpc) is 2.61. The molecule has 0 atom stereocenters. The van der Waals surface area contributed by atoms with Gasteiger partial charge in [-0.3, -0.25) is 0 Å². The van der Waals surface area contributed by atoms with Gasteiger partial charge in [0.2, 0.25) is 0 Å². The van der Waals surface area contributed by atoms with Gasteiger partial charge in [0.25, 0.3) is 0 Å². The Labute approximate surface area is 72.8 Å². The molecule has 0 aliphatic heterocycles. The van der Waals surface area contributed by atoms with Gasteiger partial charge in [-0.05, 0) is 19.8 Å². The highest BCUT2D eigenvalue weighted by Crippen LogP contribution is 2.34. The van der Waals surface area contributed by atoms with Crippen molar-refractivity contribution in [3.8, 4) is 0 Å². The second kappa shape index (κ2) is 2.59. The van der Waals surface area contributed by atoms with Crippen molar-refractivity contribution in [2.24, 2.45) is 7.05 Å². The normalized spacial score (nSPS) is 19.5. The van der Waals surface area contributed by atoms with Gasteiger partial charge < -0.3 is 9.88 Å². The average molecular weight is 165 g/mol. The topological polar surface area (TPSA) is 29.9 Å². The van der Waals surface area contributed by atoms with Crippen LogP contribution in [0.1, 0.15) is 25.6 Å². The first-order valence-electron chi connectivity index (χ1n) is 4.41. The number of hydrogen-bond donors (Lipinski definition) is 1. The molecule has 1 aromatic rings. The molecular weight excluding hydrogens is 150 g/mol. The van der Waals surface area contributed by atoms with Crippen LogP contribution in [0.5, 0.6) is 0 Å². The molecule has 1 heterocycles. The van der Waals surface area contributed by atoms with Crippen LogP contribution in [0.2, 0.25) is 0 Å². The van der Waals surface area contributed by atoms with E-state index in [-0.39, 0.29) is 0 Å². The largest absolute Gasteiger partial charge is 0.337 e. The number of aryl methyl sites for hydroxylation is 1. The number of hydrogen-bond acceptors (Lipinski definition) is 2. The van der Waals surface area contributed by atoms with E-state index in [1.807, 2.05) is 19.4 Å². The number of aromatic nitrogens is 2. The van der Waals surface area contributed by atoms with E-state index in [0.29, 0.717) is 5.54 Å². The Morgan fingerprint density at radius 2 is 2.42 bits per heavy atom. The van der Waals surface area contributed by atoms with Crippen molar-refractivity contribution in [1.82, 2.24) is 14.9 Å². The van der Waals surface area contributed by atoms with Crippen LogP contribution in [-0.2, 0) is 13.6 Å². The van der Waals surface area contributed by atoms with Crippen LogP contribution in [0.4, 0.5) is 0 Å². The van der Waals surface area contributed by atoms with Crippen LogP contribution in [-0.4, -0.2) is 15.1 Å². The summed E-state index contributed by atoms with van der Waals surface area (Å²) in [5, 5.41) is 3.49. The van der Waals surface area contributed by atoms with Crippen molar-refractivity contribution in [2.75, 3.05) is 0 Å². The standard InChI is InChI=1S/C9H15N3/c1-9(3-4-9)11-7-8-10-5-6-12(8)2/h5-6,11H,3-4,7H2,1-2H3. The molecule has 0 saturated heterocycles.